The van der Waals surface area contributed by atoms with Crippen molar-refractivity contribution in [3.8, 4) is 0 Å². The van der Waals surface area contributed by atoms with Crippen molar-refractivity contribution in [3.05, 3.63) is 34.6 Å². The van der Waals surface area contributed by atoms with Crippen LogP contribution in [0.25, 0.3) is 0 Å². The molecule has 1 heterocycles. The number of aryl methyl sites for hydroxylation is 2. The van der Waals surface area contributed by atoms with Crippen molar-refractivity contribution in [2.24, 2.45) is 0 Å². The summed E-state index contributed by atoms with van der Waals surface area (Å²) in [6.45, 7) is 9.63. The lowest BCUT2D eigenvalue weighted by Crippen LogP contribution is -2.48. The highest BCUT2D eigenvalue weighted by molar-refractivity contribution is 6.01. The highest BCUT2D eigenvalue weighted by Crippen LogP contribution is 2.20. The van der Waals surface area contributed by atoms with E-state index in [0.717, 1.165) is 12.1 Å². The van der Waals surface area contributed by atoms with Gasteiger partial charge in [-0.3, -0.25) is 9.69 Å². The molecular formula is C16H22FNO2. The molecule has 3 nitrogen and oxygen atoms in total. The van der Waals surface area contributed by atoms with E-state index in [0.29, 0.717) is 24.8 Å². The van der Waals surface area contributed by atoms with Crippen molar-refractivity contribution in [2.75, 3.05) is 19.7 Å². The molecule has 110 valence electrons. The van der Waals surface area contributed by atoms with E-state index in [9.17, 15) is 9.18 Å². The molecule has 1 fully saturated rings. The molecule has 0 aromatic heterocycles. The lowest BCUT2D eigenvalue weighted by molar-refractivity contribution is -0.0258. The third-order valence-corrected chi connectivity index (χ3v) is 3.80. The van der Waals surface area contributed by atoms with E-state index < -0.39 is 11.9 Å². The van der Waals surface area contributed by atoms with Crippen LogP contribution in [-0.2, 0) is 4.74 Å². The normalized spacial score (nSPS) is 20.4. The van der Waals surface area contributed by atoms with E-state index in [1.165, 1.54) is 6.07 Å². The quantitative estimate of drug-likeness (QED) is 0.797. The summed E-state index contributed by atoms with van der Waals surface area (Å²) in [7, 11) is 0. The van der Waals surface area contributed by atoms with Crippen molar-refractivity contribution < 1.29 is 13.9 Å². The fourth-order valence-electron chi connectivity index (χ4n) is 2.69. The molecule has 4 heteroatoms. The van der Waals surface area contributed by atoms with E-state index in [4.69, 9.17) is 4.74 Å². The Labute approximate surface area is 119 Å². The molecule has 20 heavy (non-hydrogen) atoms. The molecule has 0 saturated carbocycles. The number of Topliss-reactive ketones (excluding diaryl/α,β-unsaturated/α-hetero) is 1. The predicted octanol–water partition coefficient (Wildman–Crippen LogP) is 2.73. The maximum Gasteiger partial charge on any atom is 0.196 e. The van der Waals surface area contributed by atoms with E-state index in [2.05, 4.69) is 18.7 Å². The third-order valence-electron chi connectivity index (χ3n) is 3.80. The maximum atomic E-state index is 14.1. The Morgan fingerprint density at radius 2 is 2.10 bits per heavy atom. The van der Waals surface area contributed by atoms with Gasteiger partial charge in [0.25, 0.3) is 0 Å². The zero-order valence-corrected chi connectivity index (χ0v) is 12.6. The first-order valence-electron chi connectivity index (χ1n) is 7.06. The summed E-state index contributed by atoms with van der Waals surface area (Å²) in [5.74, 6) is -0.692. The number of rotatable bonds is 3. The van der Waals surface area contributed by atoms with Crippen LogP contribution in [0.4, 0.5) is 4.39 Å². The Hall–Kier alpha value is -1.26. The van der Waals surface area contributed by atoms with Gasteiger partial charge in [-0.25, -0.2) is 4.39 Å². The van der Waals surface area contributed by atoms with E-state index in [1.807, 2.05) is 13.0 Å². The smallest absolute Gasteiger partial charge is 0.196 e. The van der Waals surface area contributed by atoms with Gasteiger partial charge in [0.1, 0.15) is 11.9 Å². The van der Waals surface area contributed by atoms with Crippen LogP contribution in [0, 0.1) is 19.7 Å². The molecule has 1 aliphatic rings. The van der Waals surface area contributed by atoms with Crippen molar-refractivity contribution in [3.63, 3.8) is 0 Å². The van der Waals surface area contributed by atoms with Crippen LogP contribution < -0.4 is 0 Å². The molecule has 1 saturated heterocycles. The van der Waals surface area contributed by atoms with Gasteiger partial charge in [0.2, 0.25) is 0 Å². The van der Waals surface area contributed by atoms with Gasteiger partial charge in [-0.1, -0.05) is 6.07 Å². The number of ketones is 1. The summed E-state index contributed by atoms with van der Waals surface area (Å²) in [5, 5.41) is 0. The topological polar surface area (TPSA) is 29.5 Å². The SMILES string of the molecule is Cc1cc(C)c(C(=O)C2CN(C(C)C)CCO2)c(F)c1. The Bertz CT molecular complexity index is 490. The van der Waals surface area contributed by atoms with Gasteiger partial charge in [-0.05, 0) is 44.9 Å². The number of hydrogen-bond acceptors (Lipinski definition) is 3. The molecule has 1 atom stereocenters. The number of ether oxygens (including phenoxy) is 1. The summed E-state index contributed by atoms with van der Waals surface area (Å²) in [5.41, 5.74) is 1.67. The first kappa shape index (κ1) is 15.1. The minimum Gasteiger partial charge on any atom is -0.367 e. The molecule has 0 bridgehead atoms. The summed E-state index contributed by atoms with van der Waals surface area (Å²) in [6, 6.07) is 3.60. The van der Waals surface area contributed by atoms with Gasteiger partial charge < -0.3 is 4.74 Å². The van der Waals surface area contributed by atoms with E-state index in [-0.39, 0.29) is 11.3 Å². The Kier molecular flexibility index (Phi) is 4.55. The van der Waals surface area contributed by atoms with Crippen LogP contribution in [0.1, 0.15) is 35.3 Å². The zero-order chi connectivity index (χ0) is 14.9. The van der Waals surface area contributed by atoms with Gasteiger partial charge in [0.15, 0.2) is 5.78 Å². The molecule has 1 aromatic carbocycles. The number of hydrogen-bond donors (Lipinski definition) is 0. The molecule has 0 amide bonds. The van der Waals surface area contributed by atoms with Gasteiger partial charge in [-0.2, -0.15) is 0 Å². The second-order valence-electron chi connectivity index (χ2n) is 5.75. The van der Waals surface area contributed by atoms with Crippen LogP contribution in [0.5, 0.6) is 0 Å². The van der Waals surface area contributed by atoms with Crippen molar-refractivity contribution in [1.29, 1.82) is 0 Å². The summed E-state index contributed by atoms with van der Waals surface area (Å²) >= 11 is 0. The minimum absolute atomic E-state index is 0.172. The van der Waals surface area contributed by atoms with E-state index >= 15 is 0 Å². The molecule has 0 spiro atoms. The molecule has 0 N–H and O–H groups in total. The van der Waals surface area contributed by atoms with Crippen molar-refractivity contribution >= 4 is 5.78 Å². The average Bonchev–Trinajstić information content (AvgIpc) is 2.37. The number of halogens is 1. The number of morpholine rings is 1. The number of nitrogens with zero attached hydrogens (tertiary/aromatic N) is 1. The van der Waals surface area contributed by atoms with Gasteiger partial charge in [0, 0.05) is 19.1 Å². The van der Waals surface area contributed by atoms with Crippen LogP contribution in [0.3, 0.4) is 0 Å². The fourth-order valence-corrected chi connectivity index (χ4v) is 2.69. The molecule has 1 aliphatic heterocycles. The highest BCUT2D eigenvalue weighted by atomic mass is 19.1. The maximum absolute atomic E-state index is 14.1. The monoisotopic (exact) mass is 279 g/mol. The van der Waals surface area contributed by atoms with Crippen LogP contribution in [-0.4, -0.2) is 42.5 Å². The van der Waals surface area contributed by atoms with E-state index in [1.54, 1.807) is 6.92 Å². The Morgan fingerprint density at radius 3 is 2.70 bits per heavy atom. The number of carbonyl (C=O) groups excluding carboxylic acids is 1. The predicted molar refractivity (Wildman–Crippen MR) is 76.7 cm³/mol. The summed E-state index contributed by atoms with van der Waals surface area (Å²) < 4.78 is 19.6. The summed E-state index contributed by atoms with van der Waals surface area (Å²) in [6.07, 6.45) is -0.568. The van der Waals surface area contributed by atoms with Gasteiger partial charge in [0.05, 0.1) is 12.2 Å². The Morgan fingerprint density at radius 1 is 1.40 bits per heavy atom. The molecule has 1 aromatic rings. The van der Waals surface area contributed by atoms with Crippen LogP contribution in [0.15, 0.2) is 12.1 Å². The summed E-state index contributed by atoms with van der Waals surface area (Å²) in [4.78, 5) is 14.7. The zero-order valence-electron chi connectivity index (χ0n) is 12.6. The Balaban J connectivity index is 2.23. The molecule has 1 unspecified atom stereocenters. The first-order chi connectivity index (χ1) is 9.40. The number of benzene rings is 1. The highest BCUT2D eigenvalue weighted by Gasteiger charge is 2.30. The largest absolute Gasteiger partial charge is 0.367 e. The minimum atomic E-state index is -0.568. The second-order valence-corrected chi connectivity index (χ2v) is 5.75. The lowest BCUT2D eigenvalue weighted by atomic mass is 9.97. The molecule has 0 aliphatic carbocycles. The standard InChI is InChI=1S/C16H22FNO2/c1-10(2)18-5-6-20-14(9-18)16(19)15-12(4)7-11(3)8-13(15)17/h7-8,10,14H,5-6,9H2,1-4H3. The van der Waals surface area contributed by atoms with Crippen LogP contribution in [0.2, 0.25) is 0 Å². The van der Waals surface area contributed by atoms with Gasteiger partial charge >= 0.3 is 0 Å². The number of carbonyl (C=O) groups is 1. The lowest BCUT2D eigenvalue weighted by Gasteiger charge is -2.35. The first-order valence-corrected chi connectivity index (χ1v) is 7.06. The fraction of sp³-hybridized carbons (Fsp3) is 0.562. The van der Waals surface area contributed by atoms with Crippen molar-refractivity contribution in [2.45, 2.75) is 39.8 Å². The van der Waals surface area contributed by atoms with Gasteiger partial charge in [-0.15, -0.1) is 0 Å². The molecule has 2 rings (SSSR count). The van der Waals surface area contributed by atoms with Crippen molar-refractivity contribution in [1.82, 2.24) is 4.90 Å². The van der Waals surface area contributed by atoms with Crippen LogP contribution >= 0.6 is 0 Å². The molecule has 0 radical (unpaired) electrons. The molecular weight excluding hydrogens is 257 g/mol. The average molecular weight is 279 g/mol. The second kappa shape index (κ2) is 6.02. The third kappa shape index (κ3) is 3.07.